The van der Waals surface area contributed by atoms with Gasteiger partial charge in [0.15, 0.2) is 5.78 Å². The number of carbonyl (C=O) groups is 3. The van der Waals surface area contributed by atoms with Gasteiger partial charge in [0.05, 0.1) is 13.1 Å². The lowest BCUT2D eigenvalue weighted by Crippen LogP contribution is -2.41. The molecule has 3 aromatic rings. The van der Waals surface area contributed by atoms with E-state index in [0.29, 0.717) is 17.7 Å². The van der Waals surface area contributed by atoms with Crippen molar-refractivity contribution < 1.29 is 14.4 Å². The molecule has 0 radical (unpaired) electrons. The zero-order chi connectivity index (χ0) is 21.5. The van der Waals surface area contributed by atoms with E-state index < -0.39 is 17.5 Å². The Kier molecular flexibility index (Phi) is 5.07. The minimum Gasteiger partial charge on any atom is -0.343 e. The van der Waals surface area contributed by atoms with Crippen LogP contribution in [-0.4, -0.2) is 33.7 Å². The zero-order valence-electron chi connectivity index (χ0n) is 17.1. The third-order valence-corrected chi connectivity index (χ3v) is 6.56. The fourth-order valence-electron chi connectivity index (χ4n) is 3.92. The highest BCUT2D eigenvalue weighted by molar-refractivity contribution is 7.09. The second kappa shape index (κ2) is 7.57. The van der Waals surface area contributed by atoms with E-state index in [1.54, 1.807) is 30.4 Å². The topological polar surface area (TPSA) is 71.4 Å². The lowest BCUT2D eigenvalue weighted by molar-refractivity contribution is -0.130. The first-order valence-electron chi connectivity index (χ1n) is 9.73. The van der Waals surface area contributed by atoms with Gasteiger partial charge in [-0.3, -0.25) is 14.5 Å². The van der Waals surface area contributed by atoms with Crippen LogP contribution in [0.25, 0.3) is 0 Å². The van der Waals surface area contributed by atoms with Gasteiger partial charge in [-0.25, -0.2) is 4.79 Å². The predicted octanol–water partition coefficient (Wildman–Crippen LogP) is 3.86. The van der Waals surface area contributed by atoms with Gasteiger partial charge in [0.25, 0.3) is 5.91 Å². The molecule has 1 atom stereocenters. The molecular weight excluding hydrogens is 398 g/mol. The Labute approximate surface area is 179 Å². The zero-order valence-corrected chi connectivity index (χ0v) is 18.0. The predicted molar refractivity (Wildman–Crippen MR) is 116 cm³/mol. The first-order chi connectivity index (χ1) is 14.3. The summed E-state index contributed by atoms with van der Waals surface area (Å²) in [7, 11) is 0. The Morgan fingerprint density at radius 3 is 2.50 bits per heavy atom. The molecule has 1 aliphatic heterocycles. The fraction of sp³-hybridized carbons (Fsp3) is 0.261. The molecular formula is C23H23N3O3S. The van der Waals surface area contributed by atoms with Gasteiger partial charge in [-0.15, -0.1) is 11.3 Å². The second-order valence-electron chi connectivity index (χ2n) is 7.69. The summed E-state index contributed by atoms with van der Waals surface area (Å²) in [5.74, 6) is -0.666. The molecule has 3 heterocycles. The molecule has 30 heavy (non-hydrogen) atoms. The van der Waals surface area contributed by atoms with Crippen molar-refractivity contribution in [2.75, 3.05) is 6.54 Å². The van der Waals surface area contributed by atoms with Gasteiger partial charge in [0.1, 0.15) is 5.54 Å². The number of rotatable bonds is 6. The normalized spacial score (nSPS) is 18.7. The SMILES string of the molecule is Cc1cc(C(=O)CN2C(=O)NC(C)(c3ccccc3)C2=O)c(C)n1Cc1cccs1. The molecule has 1 aliphatic rings. The van der Waals surface area contributed by atoms with E-state index >= 15 is 0 Å². The number of benzene rings is 1. The van der Waals surface area contributed by atoms with Crippen LogP contribution in [0.3, 0.4) is 0 Å². The van der Waals surface area contributed by atoms with Gasteiger partial charge >= 0.3 is 6.03 Å². The molecule has 3 amide bonds. The Balaban J connectivity index is 1.56. The Morgan fingerprint density at radius 2 is 1.83 bits per heavy atom. The molecule has 154 valence electrons. The Bertz CT molecular complexity index is 1120. The number of amides is 3. The van der Waals surface area contributed by atoms with Gasteiger partial charge in [0.2, 0.25) is 0 Å². The van der Waals surface area contributed by atoms with Gasteiger partial charge in [0, 0.05) is 21.8 Å². The number of hydrogen-bond acceptors (Lipinski definition) is 4. The van der Waals surface area contributed by atoms with Gasteiger partial charge in [-0.2, -0.15) is 0 Å². The van der Waals surface area contributed by atoms with Crippen molar-refractivity contribution in [2.24, 2.45) is 0 Å². The first-order valence-corrected chi connectivity index (χ1v) is 10.6. The summed E-state index contributed by atoms with van der Waals surface area (Å²) in [5.41, 5.74) is 1.86. The highest BCUT2D eigenvalue weighted by Gasteiger charge is 2.49. The van der Waals surface area contributed by atoms with Crippen LogP contribution in [0.15, 0.2) is 53.9 Å². The molecule has 6 nitrogen and oxygen atoms in total. The van der Waals surface area contributed by atoms with Crippen molar-refractivity contribution in [3.05, 3.63) is 81.3 Å². The molecule has 1 N–H and O–H groups in total. The van der Waals surface area contributed by atoms with Crippen LogP contribution >= 0.6 is 11.3 Å². The van der Waals surface area contributed by atoms with Crippen LogP contribution in [0.2, 0.25) is 0 Å². The van der Waals surface area contributed by atoms with Crippen molar-refractivity contribution in [3.63, 3.8) is 0 Å². The van der Waals surface area contributed by atoms with Crippen LogP contribution in [0, 0.1) is 13.8 Å². The number of ketones is 1. The third-order valence-electron chi connectivity index (χ3n) is 5.70. The van der Waals surface area contributed by atoms with Crippen LogP contribution in [-0.2, 0) is 16.9 Å². The van der Waals surface area contributed by atoms with E-state index in [2.05, 4.69) is 16.0 Å². The molecule has 1 saturated heterocycles. The second-order valence-corrected chi connectivity index (χ2v) is 8.72. The molecule has 0 aliphatic carbocycles. The molecule has 2 aromatic heterocycles. The maximum Gasteiger partial charge on any atom is 0.325 e. The standard InChI is InChI=1S/C23H23N3O3S/c1-15-12-19(16(2)25(15)13-18-10-7-11-30-18)20(27)14-26-21(28)23(3,24-22(26)29)17-8-5-4-6-9-17/h4-12H,13-14H2,1-3H3,(H,24,29). The molecule has 0 saturated carbocycles. The first kappa shape index (κ1) is 20.1. The quantitative estimate of drug-likeness (QED) is 0.485. The van der Waals surface area contributed by atoms with Gasteiger partial charge in [-0.1, -0.05) is 36.4 Å². The number of carbonyl (C=O) groups excluding carboxylic acids is 3. The van der Waals surface area contributed by atoms with E-state index in [4.69, 9.17) is 0 Å². The van der Waals surface area contributed by atoms with Crippen LogP contribution in [0.1, 0.15) is 39.1 Å². The summed E-state index contributed by atoms with van der Waals surface area (Å²) in [4.78, 5) is 40.9. The van der Waals surface area contributed by atoms with Gasteiger partial charge in [-0.05, 0) is 43.8 Å². The van der Waals surface area contributed by atoms with E-state index in [-0.39, 0.29) is 12.3 Å². The number of hydrogen-bond donors (Lipinski definition) is 1. The highest BCUT2D eigenvalue weighted by atomic mass is 32.1. The summed E-state index contributed by atoms with van der Waals surface area (Å²) < 4.78 is 2.08. The minimum absolute atomic E-state index is 0.249. The highest BCUT2D eigenvalue weighted by Crippen LogP contribution is 2.29. The maximum atomic E-state index is 13.1. The molecule has 0 bridgehead atoms. The van der Waals surface area contributed by atoms with Crippen molar-refractivity contribution in [1.82, 2.24) is 14.8 Å². The summed E-state index contributed by atoms with van der Waals surface area (Å²) in [6.07, 6.45) is 0. The summed E-state index contributed by atoms with van der Waals surface area (Å²) in [5, 5.41) is 4.77. The lowest BCUT2D eigenvalue weighted by atomic mass is 9.92. The number of aromatic nitrogens is 1. The monoisotopic (exact) mass is 421 g/mol. The molecule has 1 aromatic carbocycles. The maximum absolute atomic E-state index is 13.1. The van der Waals surface area contributed by atoms with Crippen molar-refractivity contribution in [2.45, 2.75) is 32.9 Å². The lowest BCUT2D eigenvalue weighted by Gasteiger charge is -2.22. The van der Waals surface area contributed by atoms with E-state index in [1.165, 1.54) is 4.88 Å². The molecule has 4 rings (SSSR count). The average molecular weight is 422 g/mol. The average Bonchev–Trinajstić information content (AvgIpc) is 3.40. The molecule has 0 spiro atoms. The molecule has 1 unspecified atom stereocenters. The third kappa shape index (κ3) is 3.35. The summed E-state index contributed by atoms with van der Waals surface area (Å²) in [6, 6.07) is 14.4. The van der Waals surface area contributed by atoms with E-state index in [1.807, 2.05) is 49.6 Å². The largest absolute Gasteiger partial charge is 0.343 e. The van der Waals surface area contributed by atoms with Crippen molar-refractivity contribution in [1.29, 1.82) is 0 Å². The van der Waals surface area contributed by atoms with Crippen molar-refractivity contribution in [3.8, 4) is 0 Å². The van der Waals surface area contributed by atoms with Crippen molar-refractivity contribution >= 4 is 29.1 Å². The van der Waals surface area contributed by atoms with Crippen LogP contribution in [0.4, 0.5) is 4.79 Å². The number of aryl methyl sites for hydroxylation is 1. The number of imide groups is 1. The Hall–Kier alpha value is -3.19. The molecule has 7 heteroatoms. The minimum atomic E-state index is -1.17. The van der Waals surface area contributed by atoms with Gasteiger partial charge < -0.3 is 9.88 Å². The summed E-state index contributed by atoms with van der Waals surface area (Å²) in [6.45, 7) is 5.93. The number of thiophene rings is 1. The number of Topliss-reactive ketones (excluding diaryl/α,β-unsaturated/α-hetero) is 1. The smallest absolute Gasteiger partial charge is 0.325 e. The Morgan fingerprint density at radius 1 is 1.10 bits per heavy atom. The van der Waals surface area contributed by atoms with Crippen LogP contribution in [0.5, 0.6) is 0 Å². The number of urea groups is 1. The van der Waals surface area contributed by atoms with E-state index in [0.717, 1.165) is 16.3 Å². The van der Waals surface area contributed by atoms with E-state index in [9.17, 15) is 14.4 Å². The fourth-order valence-corrected chi connectivity index (χ4v) is 4.61. The molecule has 1 fully saturated rings. The van der Waals surface area contributed by atoms with Crippen LogP contribution < -0.4 is 5.32 Å². The number of nitrogens with one attached hydrogen (secondary N) is 1. The summed E-state index contributed by atoms with van der Waals surface area (Å²) >= 11 is 1.67. The number of nitrogens with zero attached hydrogens (tertiary/aromatic N) is 2.